The lowest BCUT2D eigenvalue weighted by molar-refractivity contribution is -0.122. The fourth-order valence-corrected chi connectivity index (χ4v) is 2.34. The van der Waals surface area contributed by atoms with Crippen LogP contribution in [0.25, 0.3) is 0 Å². The van der Waals surface area contributed by atoms with Crippen LogP contribution in [0.2, 0.25) is 0 Å². The molecule has 0 aromatic carbocycles. The molecule has 1 amide bonds. The van der Waals surface area contributed by atoms with Crippen molar-refractivity contribution in [1.82, 2.24) is 4.90 Å². The lowest BCUT2D eigenvalue weighted by atomic mass is 10.2. The van der Waals surface area contributed by atoms with E-state index in [0.29, 0.717) is 6.54 Å². The predicted molar refractivity (Wildman–Crippen MR) is 50.7 cm³/mol. The van der Waals surface area contributed by atoms with E-state index in [1.807, 2.05) is 4.90 Å². The lowest BCUT2D eigenvalue weighted by Crippen LogP contribution is -2.50. The number of carbonyl (C=O) groups excluding carboxylic acids is 1. The van der Waals surface area contributed by atoms with Crippen LogP contribution < -0.4 is 5.73 Å². The third kappa shape index (κ3) is 2.16. The molecule has 12 heavy (non-hydrogen) atoms. The van der Waals surface area contributed by atoms with Crippen LogP contribution in [0.1, 0.15) is 0 Å². The van der Waals surface area contributed by atoms with Crippen LogP contribution in [0, 0.1) is 12.3 Å². The first-order valence-corrected chi connectivity index (χ1v) is 4.95. The number of rotatable bonds is 2. The second-order valence-electron chi connectivity index (χ2n) is 2.67. The highest BCUT2D eigenvalue weighted by Gasteiger charge is 2.26. The van der Waals surface area contributed by atoms with Gasteiger partial charge in [-0.25, -0.2) is 0 Å². The van der Waals surface area contributed by atoms with E-state index < -0.39 is 0 Å². The number of hydrogen-bond acceptors (Lipinski definition) is 3. The number of primary amides is 1. The van der Waals surface area contributed by atoms with Gasteiger partial charge in [0.1, 0.15) is 0 Å². The summed E-state index contributed by atoms with van der Waals surface area (Å²) >= 11 is 1.75. The first kappa shape index (κ1) is 9.43. The minimum atomic E-state index is -0.266. The normalized spacial score (nSPS) is 24.8. The number of nitrogens with two attached hydrogens (primary N) is 1. The standard InChI is InChI=1S/C8H12N2OS/c1-2-3-10-4-5-12-6-7(10)8(9)11/h1,7H,3-6H2,(H2,9,11). The quantitative estimate of drug-likeness (QED) is 0.590. The topological polar surface area (TPSA) is 46.3 Å². The lowest BCUT2D eigenvalue weighted by Gasteiger charge is -2.31. The molecule has 1 unspecified atom stereocenters. The number of carbonyl (C=O) groups is 1. The fraction of sp³-hybridized carbons (Fsp3) is 0.625. The van der Waals surface area contributed by atoms with Gasteiger partial charge in [0, 0.05) is 18.1 Å². The van der Waals surface area contributed by atoms with E-state index in [4.69, 9.17) is 12.2 Å². The van der Waals surface area contributed by atoms with Gasteiger partial charge >= 0.3 is 0 Å². The first-order valence-electron chi connectivity index (χ1n) is 3.80. The highest BCUT2D eigenvalue weighted by atomic mass is 32.2. The minimum Gasteiger partial charge on any atom is -0.368 e. The minimum absolute atomic E-state index is 0.167. The summed E-state index contributed by atoms with van der Waals surface area (Å²) in [5, 5.41) is 0. The number of terminal acetylenes is 1. The molecule has 1 heterocycles. The molecule has 1 atom stereocenters. The molecule has 2 N–H and O–H groups in total. The van der Waals surface area contributed by atoms with Crippen molar-refractivity contribution in [2.75, 3.05) is 24.6 Å². The zero-order valence-electron chi connectivity index (χ0n) is 6.82. The van der Waals surface area contributed by atoms with E-state index in [2.05, 4.69) is 5.92 Å². The molecule has 1 rings (SSSR count). The Hall–Kier alpha value is -0.660. The van der Waals surface area contributed by atoms with Crippen molar-refractivity contribution in [3.05, 3.63) is 0 Å². The average molecular weight is 184 g/mol. The number of nitrogens with zero attached hydrogens (tertiary/aromatic N) is 1. The van der Waals surface area contributed by atoms with Crippen molar-refractivity contribution in [2.45, 2.75) is 6.04 Å². The van der Waals surface area contributed by atoms with Gasteiger partial charge in [-0.2, -0.15) is 11.8 Å². The molecule has 0 radical (unpaired) electrons. The molecular weight excluding hydrogens is 172 g/mol. The van der Waals surface area contributed by atoms with Crippen molar-refractivity contribution in [3.8, 4) is 12.3 Å². The monoisotopic (exact) mass is 184 g/mol. The molecule has 66 valence electrons. The van der Waals surface area contributed by atoms with Crippen molar-refractivity contribution in [3.63, 3.8) is 0 Å². The maximum atomic E-state index is 10.9. The Bertz CT molecular complexity index is 212. The molecule has 0 aromatic heterocycles. The van der Waals surface area contributed by atoms with Gasteiger partial charge in [-0.1, -0.05) is 5.92 Å². The molecule has 0 aliphatic carbocycles. The van der Waals surface area contributed by atoms with Gasteiger partial charge in [-0.15, -0.1) is 6.42 Å². The van der Waals surface area contributed by atoms with Gasteiger partial charge in [-0.3, -0.25) is 9.69 Å². The Morgan fingerprint density at radius 2 is 2.58 bits per heavy atom. The molecule has 1 aliphatic rings. The molecule has 1 fully saturated rings. The van der Waals surface area contributed by atoms with Gasteiger partial charge in [0.15, 0.2) is 0 Å². The molecule has 1 saturated heterocycles. The largest absolute Gasteiger partial charge is 0.368 e. The summed E-state index contributed by atoms with van der Waals surface area (Å²) < 4.78 is 0. The van der Waals surface area contributed by atoms with E-state index >= 15 is 0 Å². The summed E-state index contributed by atoms with van der Waals surface area (Å²) in [7, 11) is 0. The second kappa shape index (κ2) is 4.39. The Kier molecular flexibility index (Phi) is 3.45. The van der Waals surface area contributed by atoms with Crippen molar-refractivity contribution < 1.29 is 4.79 Å². The summed E-state index contributed by atoms with van der Waals surface area (Å²) in [6.45, 7) is 1.39. The Labute approximate surface area is 76.7 Å². The smallest absolute Gasteiger partial charge is 0.235 e. The third-order valence-corrected chi connectivity index (χ3v) is 2.88. The van der Waals surface area contributed by atoms with E-state index in [9.17, 15) is 4.79 Å². The van der Waals surface area contributed by atoms with Crippen LogP contribution in [0.4, 0.5) is 0 Å². The maximum absolute atomic E-state index is 10.9. The predicted octanol–water partition coefficient (Wildman–Crippen LogP) is -0.478. The van der Waals surface area contributed by atoms with Gasteiger partial charge < -0.3 is 5.73 Å². The molecule has 0 aromatic rings. The maximum Gasteiger partial charge on any atom is 0.235 e. The summed E-state index contributed by atoms with van der Waals surface area (Å²) in [5.74, 6) is 4.07. The second-order valence-corrected chi connectivity index (χ2v) is 3.82. The van der Waals surface area contributed by atoms with Gasteiger partial charge in [-0.05, 0) is 0 Å². The highest BCUT2D eigenvalue weighted by Crippen LogP contribution is 2.15. The molecule has 0 bridgehead atoms. The van der Waals surface area contributed by atoms with Crippen LogP contribution in [-0.2, 0) is 4.79 Å². The third-order valence-electron chi connectivity index (χ3n) is 1.86. The van der Waals surface area contributed by atoms with Crippen LogP contribution in [0.15, 0.2) is 0 Å². The van der Waals surface area contributed by atoms with Crippen LogP contribution in [0.5, 0.6) is 0 Å². The molecule has 0 saturated carbocycles. The SMILES string of the molecule is C#CCN1CCSCC1C(N)=O. The summed E-state index contributed by atoms with van der Waals surface area (Å²) in [6.07, 6.45) is 5.17. The Morgan fingerprint density at radius 1 is 1.83 bits per heavy atom. The summed E-state index contributed by atoms with van der Waals surface area (Å²) in [5.41, 5.74) is 5.23. The van der Waals surface area contributed by atoms with E-state index in [0.717, 1.165) is 18.1 Å². The Balaban J connectivity index is 2.55. The number of amides is 1. The van der Waals surface area contributed by atoms with E-state index in [1.165, 1.54) is 0 Å². The molecular formula is C8H12N2OS. The number of thioether (sulfide) groups is 1. The molecule has 0 spiro atoms. The van der Waals surface area contributed by atoms with Crippen LogP contribution >= 0.6 is 11.8 Å². The highest BCUT2D eigenvalue weighted by molar-refractivity contribution is 7.99. The van der Waals surface area contributed by atoms with Crippen molar-refractivity contribution >= 4 is 17.7 Å². The van der Waals surface area contributed by atoms with E-state index in [-0.39, 0.29) is 11.9 Å². The van der Waals surface area contributed by atoms with E-state index in [1.54, 1.807) is 11.8 Å². The molecule has 4 heteroatoms. The summed E-state index contributed by atoms with van der Waals surface area (Å²) in [4.78, 5) is 12.9. The molecule has 3 nitrogen and oxygen atoms in total. The van der Waals surface area contributed by atoms with Gasteiger partial charge in [0.2, 0.25) is 5.91 Å². The number of hydrogen-bond donors (Lipinski definition) is 1. The van der Waals surface area contributed by atoms with Crippen molar-refractivity contribution in [1.29, 1.82) is 0 Å². The van der Waals surface area contributed by atoms with Crippen LogP contribution in [-0.4, -0.2) is 41.4 Å². The first-order chi connectivity index (χ1) is 5.75. The average Bonchev–Trinajstić information content (AvgIpc) is 2.05. The zero-order valence-corrected chi connectivity index (χ0v) is 7.64. The van der Waals surface area contributed by atoms with Gasteiger partial charge in [0.25, 0.3) is 0 Å². The van der Waals surface area contributed by atoms with Gasteiger partial charge in [0.05, 0.1) is 12.6 Å². The Morgan fingerprint density at radius 3 is 3.17 bits per heavy atom. The van der Waals surface area contributed by atoms with Crippen molar-refractivity contribution in [2.24, 2.45) is 5.73 Å². The zero-order chi connectivity index (χ0) is 8.97. The van der Waals surface area contributed by atoms with Crippen LogP contribution in [0.3, 0.4) is 0 Å². The summed E-state index contributed by atoms with van der Waals surface area (Å²) in [6, 6.07) is -0.167. The molecule has 1 aliphatic heterocycles. The fourth-order valence-electron chi connectivity index (χ4n) is 1.21.